The van der Waals surface area contributed by atoms with E-state index in [0.29, 0.717) is 28.5 Å². The summed E-state index contributed by atoms with van der Waals surface area (Å²) in [6.45, 7) is 1.90. The number of nitrogens with one attached hydrogen (secondary N) is 3. The number of benzene rings is 3. The molecule has 0 aliphatic rings. The first-order valence-electron chi connectivity index (χ1n) is 11.4. The van der Waals surface area contributed by atoms with Crippen LogP contribution in [0.4, 0.5) is 36.1 Å². The van der Waals surface area contributed by atoms with Crippen LogP contribution in [0.3, 0.4) is 0 Å². The molecule has 2 aromatic heterocycles. The zero-order valence-electron chi connectivity index (χ0n) is 19.6. The molecule has 0 fully saturated rings. The van der Waals surface area contributed by atoms with E-state index >= 15 is 0 Å². The van der Waals surface area contributed by atoms with Crippen LogP contribution in [0.1, 0.15) is 21.5 Å². The molecule has 5 aromatic rings. The van der Waals surface area contributed by atoms with Crippen LogP contribution in [-0.2, 0) is 6.18 Å². The fourth-order valence-electron chi connectivity index (χ4n) is 4.06. The number of pyridine rings is 1. The van der Waals surface area contributed by atoms with Gasteiger partial charge in [-0.05, 0) is 78.2 Å². The van der Waals surface area contributed by atoms with E-state index in [0.717, 1.165) is 34.2 Å². The Hall–Kier alpha value is -4.79. The van der Waals surface area contributed by atoms with E-state index in [-0.39, 0.29) is 5.56 Å². The van der Waals surface area contributed by atoms with Crippen molar-refractivity contribution in [3.63, 3.8) is 0 Å². The molecule has 0 bridgehead atoms. The van der Waals surface area contributed by atoms with Gasteiger partial charge in [-0.2, -0.15) is 13.2 Å². The summed E-state index contributed by atoms with van der Waals surface area (Å²) < 4.78 is 39.1. The van der Waals surface area contributed by atoms with Crippen molar-refractivity contribution in [3.8, 4) is 11.1 Å². The number of rotatable bonds is 5. The lowest BCUT2D eigenvalue weighted by Crippen LogP contribution is -2.14. The Morgan fingerprint density at radius 1 is 0.973 bits per heavy atom. The molecule has 0 spiro atoms. The van der Waals surface area contributed by atoms with Gasteiger partial charge in [0.05, 0.1) is 5.56 Å². The summed E-state index contributed by atoms with van der Waals surface area (Å²) in [6, 6.07) is 20.9. The number of carbonyl (C=O) groups is 1. The van der Waals surface area contributed by atoms with Crippen LogP contribution < -0.4 is 16.4 Å². The number of anilines is 4. The van der Waals surface area contributed by atoms with Crippen molar-refractivity contribution in [3.05, 3.63) is 102 Å². The molecule has 9 heteroatoms. The first-order chi connectivity index (χ1) is 17.7. The maximum absolute atomic E-state index is 13.0. The number of halogens is 3. The second-order valence-electron chi connectivity index (χ2n) is 8.61. The van der Waals surface area contributed by atoms with E-state index in [1.54, 1.807) is 18.2 Å². The number of carbonyl (C=O) groups excluding carboxylic acids is 1. The lowest BCUT2D eigenvalue weighted by Gasteiger charge is -2.14. The Labute approximate surface area is 210 Å². The van der Waals surface area contributed by atoms with Crippen molar-refractivity contribution >= 4 is 39.8 Å². The normalized spacial score (nSPS) is 11.5. The van der Waals surface area contributed by atoms with E-state index in [1.807, 2.05) is 49.5 Å². The van der Waals surface area contributed by atoms with Gasteiger partial charge in [0.15, 0.2) is 0 Å². The standard InChI is InChI=1S/C28H22F3N5O/c1-16-8-9-21(34-27(37)18-5-2-6-19(12-18)28(29,30)31)14-24(16)35-25-15-23(17-4-3-7-20(32)13-17)22-10-11-33-26(22)36-25/h2-15H,32H2,1H3,(H,34,37)(H2,33,35,36). The monoisotopic (exact) mass is 501 g/mol. The summed E-state index contributed by atoms with van der Waals surface area (Å²) in [4.78, 5) is 20.5. The molecule has 0 saturated carbocycles. The second kappa shape index (κ2) is 9.34. The molecule has 0 aliphatic carbocycles. The van der Waals surface area contributed by atoms with Crippen molar-refractivity contribution in [2.24, 2.45) is 0 Å². The van der Waals surface area contributed by atoms with Gasteiger partial charge in [-0.25, -0.2) is 4.98 Å². The maximum atomic E-state index is 13.0. The highest BCUT2D eigenvalue weighted by Crippen LogP contribution is 2.33. The van der Waals surface area contributed by atoms with E-state index in [4.69, 9.17) is 5.73 Å². The molecular weight excluding hydrogens is 479 g/mol. The van der Waals surface area contributed by atoms with E-state index in [9.17, 15) is 18.0 Å². The molecule has 0 aliphatic heterocycles. The summed E-state index contributed by atoms with van der Waals surface area (Å²) in [5, 5.41) is 6.91. The topological polar surface area (TPSA) is 95.8 Å². The molecule has 2 heterocycles. The van der Waals surface area contributed by atoms with Crippen LogP contribution in [0.2, 0.25) is 0 Å². The number of aromatic nitrogens is 2. The molecule has 0 saturated heterocycles. The van der Waals surface area contributed by atoms with Gasteiger partial charge in [0.25, 0.3) is 5.91 Å². The quantitative estimate of drug-likeness (QED) is 0.193. The molecule has 37 heavy (non-hydrogen) atoms. The highest BCUT2D eigenvalue weighted by atomic mass is 19.4. The van der Waals surface area contributed by atoms with Crippen LogP contribution in [0.5, 0.6) is 0 Å². The number of fused-ring (bicyclic) bond motifs is 1. The fourth-order valence-corrected chi connectivity index (χ4v) is 4.06. The molecule has 5 N–H and O–H groups in total. The largest absolute Gasteiger partial charge is 0.416 e. The molecule has 0 unspecified atom stereocenters. The number of amides is 1. The average molecular weight is 502 g/mol. The van der Waals surface area contributed by atoms with Gasteiger partial charge in [-0.15, -0.1) is 0 Å². The molecular formula is C28H22F3N5O. The highest BCUT2D eigenvalue weighted by Gasteiger charge is 2.30. The average Bonchev–Trinajstić information content (AvgIpc) is 3.34. The number of H-pyrrole nitrogens is 1. The van der Waals surface area contributed by atoms with Crippen LogP contribution in [-0.4, -0.2) is 15.9 Å². The number of hydrogen-bond donors (Lipinski definition) is 4. The lowest BCUT2D eigenvalue weighted by molar-refractivity contribution is -0.137. The zero-order chi connectivity index (χ0) is 26.2. The number of nitrogens with two attached hydrogens (primary N) is 1. The maximum Gasteiger partial charge on any atom is 0.416 e. The van der Waals surface area contributed by atoms with Crippen molar-refractivity contribution in [2.75, 3.05) is 16.4 Å². The predicted molar refractivity (Wildman–Crippen MR) is 140 cm³/mol. The Balaban J connectivity index is 1.43. The molecule has 6 nitrogen and oxygen atoms in total. The lowest BCUT2D eigenvalue weighted by atomic mass is 10.0. The zero-order valence-corrected chi connectivity index (χ0v) is 19.6. The van der Waals surface area contributed by atoms with Gasteiger partial charge in [0.1, 0.15) is 11.5 Å². The smallest absolute Gasteiger partial charge is 0.399 e. The van der Waals surface area contributed by atoms with Crippen LogP contribution in [0, 0.1) is 6.92 Å². The van der Waals surface area contributed by atoms with Gasteiger partial charge in [0, 0.05) is 34.2 Å². The number of nitrogens with zero attached hydrogens (tertiary/aromatic N) is 1. The molecule has 0 radical (unpaired) electrons. The number of nitrogen functional groups attached to an aromatic ring is 1. The molecule has 0 atom stereocenters. The Morgan fingerprint density at radius 2 is 1.78 bits per heavy atom. The van der Waals surface area contributed by atoms with Crippen molar-refractivity contribution in [1.29, 1.82) is 0 Å². The molecule has 3 aromatic carbocycles. The summed E-state index contributed by atoms with van der Waals surface area (Å²) in [6.07, 6.45) is -2.72. The van der Waals surface area contributed by atoms with E-state index in [2.05, 4.69) is 20.6 Å². The number of hydrogen-bond acceptors (Lipinski definition) is 4. The van der Waals surface area contributed by atoms with Crippen molar-refractivity contribution < 1.29 is 18.0 Å². The highest BCUT2D eigenvalue weighted by molar-refractivity contribution is 6.04. The summed E-state index contributed by atoms with van der Waals surface area (Å²) >= 11 is 0. The third-order valence-electron chi connectivity index (χ3n) is 5.94. The molecule has 5 rings (SSSR count). The predicted octanol–water partition coefficient (Wildman–Crippen LogP) is 7.14. The Kier molecular flexibility index (Phi) is 6.04. The summed E-state index contributed by atoms with van der Waals surface area (Å²) in [5.74, 6) is -0.0763. The van der Waals surface area contributed by atoms with Crippen LogP contribution in [0.15, 0.2) is 85.1 Å². The van der Waals surface area contributed by atoms with Gasteiger partial charge in [-0.1, -0.05) is 24.3 Å². The third-order valence-corrected chi connectivity index (χ3v) is 5.94. The number of aryl methyl sites for hydroxylation is 1. The second-order valence-corrected chi connectivity index (χ2v) is 8.61. The van der Waals surface area contributed by atoms with E-state index in [1.165, 1.54) is 12.1 Å². The fraction of sp³-hybridized carbons (Fsp3) is 0.0714. The van der Waals surface area contributed by atoms with Crippen molar-refractivity contribution in [2.45, 2.75) is 13.1 Å². The van der Waals surface area contributed by atoms with Gasteiger partial charge >= 0.3 is 6.18 Å². The minimum atomic E-state index is -4.53. The van der Waals surface area contributed by atoms with E-state index < -0.39 is 17.6 Å². The SMILES string of the molecule is Cc1ccc(NC(=O)c2cccc(C(F)(F)F)c2)cc1Nc1cc(-c2cccc(N)c2)c2cc[nH]c2n1. The van der Waals surface area contributed by atoms with Crippen LogP contribution in [0.25, 0.3) is 22.2 Å². The Morgan fingerprint density at radius 3 is 2.57 bits per heavy atom. The Bertz CT molecular complexity index is 1620. The van der Waals surface area contributed by atoms with Crippen molar-refractivity contribution in [1.82, 2.24) is 9.97 Å². The van der Waals surface area contributed by atoms with Crippen LogP contribution >= 0.6 is 0 Å². The number of aromatic amines is 1. The number of alkyl halides is 3. The van der Waals surface area contributed by atoms with Gasteiger partial charge < -0.3 is 21.4 Å². The van der Waals surface area contributed by atoms with Gasteiger partial charge in [0.2, 0.25) is 0 Å². The first kappa shape index (κ1) is 23.9. The van der Waals surface area contributed by atoms with Gasteiger partial charge in [-0.3, -0.25) is 4.79 Å². The third kappa shape index (κ3) is 5.11. The minimum absolute atomic E-state index is 0.0875. The molecule has 186 valence electrons. The summed E-state index contributed by atoms with van der Waals surface area (Å²) in [5.41, 5.74) is 10.2. The summed E-state index contributed by atoms with van der Waals surface area (Å²) in [7, 11) is 0. The first-order valence-corrected chi connectivity index (χ1v) is 11.4. The molecule has 1 amide bonds. The minimum Gasteiger partial charge on any atom is -0.399 e.